The summed E-state index contributed by atoms with van der Waals surface area (Å²) < 4.78 is 24.3. The third-order valence-corrected chi connectivity index (χ3v) is 7.08. The first-order valence-electron chi connectivity index (χ1n) is 10.5. The van der Waals surface area contributed by atoms with Gasteiger partial charge in [0, 0.05) is 24.9 Å². The SMILES string of the molecule is Cc1nonc1CC(=O)N1CC2CC(C1)C2c1nc(C2CCC(C)(F)CC2)no1. The summed E-state index contributed by atoms with van der Waals surface area (Å²) in [6, 6.07) is 0. The van der Waals surface area contributed by atoms with Crippen molar-refractivity contribution in [1.29, 1.82) is 0 Å². The largest absolute Gasteiger partial charge is 0.342 e. The van der Waals surface area contributed by atoms with Gasteiger partial charge in [-0.15, -0.1) is 0 Å². The van der Waals surface area contributed by atoms with Crippen LogP contribution in [0.2, 0.25) is 0 Å². The molecule has 2 aromatic heterocycles. The maximum atomic E-state index is 14.0. The van der Waals surface area contributed by atoms with Crippen molar-refractivity contribution in [2.45, 2.75) is 69.9 Å². The maximum Gasteiger partial charge on any atom is 0.230 e. The van der Waals surface area contributed by atoms with Crippen molar-refractivity contribution < 1.29 is 18.3 Å². The molecule has 4 aliphatic rings. The van der Waals surface area contributed by atoms with Crippen molar-refractivity contribution in [2.24, 2.45) is 11.8 Å². The highest BCUT2D eigenvalue weighted by molar-refractivity contribution is 5.78. The second-order valence-electron chi connectivity index (χ2n) is 9.23. The van der Waals surface area contributed by atoms with E-state index in [0.29, 0.717) is 55.0 Å². The standard InChI is InChI=1S/C20H26FN5O3/c1-11-15(24-29-23-11)8-16(27)26-9-13-7-14(10-26)17(13)19-22-18(25-28-19)12-3-5-20(2,21)6-4-12/h12-14,17H,3-10H2,1-2H3. The van der Waals surface area contributed by atoms with Gasteiger partial charge in [0.15, 0.2) is 5.82 Å². The highest BCUT2D eigenvalue weighted by Gasteiger charge is 2.51. The number of hydrogen-bond acceptors (Lipinski definition) is 7. The molecule has 1 amide bonds. The van der Waals surface area contributed by atoms with Crippen molar-refractivity contribution >= 4 is 5.91 Å². The summed E-state index contributed by atoms with van der Waals surface area (Å²) in [5, 5.41) is 11.8. The molecule has 2 aromatic rings. The number of fused-ring (bicyclic) bond motifs is 2. The summed E-state index contributed by atoms with van der Waals surface area (Å²) in [5.41, 5.74) is 0.196. The number of carbonyl (C=O) groups excluding carboxylic acids is 1. The highest BCUT2D eigenvalue weighted by atomic mass is 19.1. The number of nitrogens with zero attached hydrogens (tertiary/aromatic N) is 5. The lowest BCUT2D eigenvalue weighted by Gasteiger charge is -2.52. The molecular weight excluding hydrogens is 377 g/mol. The van der Waals surface area contributed by atoms with E-state index in [0.717, 1.165) is 25.1 Å². The van der Waals surface area contributed by atoms with Gasteiger partial charge in [-0.05, 0) is 57.8 Å². The van der Waals surface area contributed by atoms with Crippen LogP contribution in [0.5, 0.6) is 0 Å². The van der Waals surface area contributed by atoms with E-state index in [2.05, 4.69) is 20.1 Å². The quantitative estimate of drug-likeness (QED) is 0.774. The first-order valence-corrected chi connectivity index (χ1v) is 10.5. The molecular formula is C20H26FN5O3. The molecule has 4 heterocycles. The predicted octanol–water partition coefficient (Wildman–Crippen LogP) is 2.95. The highest BCUT2D eigenvalue weighted by Crippen LogP contribution is 2.51. The van der Waals surface area contributed by atoms with E-state index in [1.165, 1.54) is 0 Å². The number of carbonyl (C=O) groups is 1. The van der Waals surface area contributed by atoms with Crippen LogP contribution >= 0.6 is 0 Å². The van der Waals surface area contributed by atoms with Crippen molar-refractivity contribution in [3.8, 4) is 0 Å². The van der Waals surface area contributed by atoms with Crippen molar-refractivity contribution in [3.05, 3.63) is 23.1 Å². The van der Waals surface area contributed by atoms with Gasteiger partial charge >= 0.3 is 0 Å². The summed E-state index contributed by atoms with van der Waals surface area (Å²) >= 11 is 0. The van der Waals surface area contributed by atoms with E-state index in [1.807, 2.05) is 4.90 Å². The molecule has 0 N–H and O–H groups in total. The molecule has 2 unspecified atom stereocenters. The van der Waals surface area contributed by atoms with E-state index >= 15 is 0 Å². The molecule has 2 aliphatic carbocycles. The lowest BCUT2D eigenvalue weighted by molar-refractivity contribution is -0.139. The van der Waals surface area contributed by atoms with Crippen LogP contribution < -0.4 is 0 Å². The Morgan fingerprint density at radius 1 is 1.21 bits per heavy atom. The first-order chi connectivity index (χ1) is 13.9. The Morgan fingerprint density at radius 3 is 2.59 bits per heavy atom. The number of piperidine rings is 2. The third-order valence-electron chi connectivity index (χ3n) is 7.08. The molecule has 4 fully saturated rings. The van der Waals surface area contributed by atoms with Crippen molar-refractivity contribution in [1.82, 2.24) is 25.4 Å². The molecule has 6 rings (SSSR count). The molecule has 2 bridgehead atoms. The minimum atomic E-state index is -1.06. The van der Waals surface area contributed by atoms with Gasteiger partial charge in [-0.2, -0.15) is 4.98 Å². The van der Waals surface area contributed by atoms with Gasteiger partial charge in [-0.25, -0.2) is 9.02 Å². The number of alkyl halides is 1. The molecule has 2 saturated carbocycles. The van der Waals surface area contributed by atoms with Gasteiger partial charge in [0.2, 0.25) is 11.8 Å². The predicted molar refractivity (Wildman–Crippen MR) is 98.7 cm³/mol. The third kappa shape index (κ3) is 3.44. The van der Waals surface area contributed by atoms with Crippen LogP contribution in [0.25, 0.3) is 0 Å². The van der Waals surface area contributed by atoms with Crippen LogP contribution in [-0.2, 0) is 11.2 Å². The number of aromatic nitrogens is 4. The second kappa shape index (κ2) is 6.88. The monoisotopic (exact) mass is 403 g/mol. The summed E-state index contributed by atoms with van der Waals surface area (Å²) in [5.74, 6) is 2.59. The average molecular weight is 403 g/mol. The van der Waals surface area contributed by atoms with E-state index < -0.39 is 5.67 Å². The van der Waals surface area contributed by atoms with Gasteiger partial charge in [0.05, 0.1) is 6.42 Å². The molecule has 29 heavy (non-hydrogen) atoms. The second-order valence-corrected chi connectivity index (χ2v) is 9.23. The Hall–Kier alpha value is -2.32. The van der Waals surface area contributed by atoms with Crippen LogP contribution in [-0.4, -0.2) is 50.0 Å². The number of hydrogen-bond donors (Lipinski definition) is 0. The van der Waals surface area contributed by atoms with Crippen LogP contribution in [0.15, 0.2) is 9.15 Å². The average Bonchev–Trinajstić information content (AvgIpc) is 3.31. The lowest BCUT2D eigenvalue weighted by Crippen LogP contribution is -2.55. The molecule has 2 aliphatic heterocycles. The topological polar surface area (TPSA) is 98.2 Å². The molecule has 0 spiro atoms. The zero-order valence-electron chi connectivity index (χ0n) is 16.8. The number of halogens is 1. The van der Waals surface area contributed by atoms with Gasteiger partial charge in [0.1, 0.15) is 17.1 Å². The Kier molecular flexibility index (Phi) is 4.43. The summed E-state index contributed by atoms with van der Waals surface area (Å²) in [7, 11) is 0. The molecule has 9 heteroatoms. The number of rotatable bonds is 4. The summed E-state index contributed by atoms with van der Waals surface area (Å²) in [6.45, 7) is 4.86. The lowest BCUT2D eigenvalue weighted by atomic mass is 9.61. The van der Waals surface area contributed by atoms with Gasteiger partial charge in [0.25, 0.3) is 0 Å². The van der Waals surface area contributed by atoms with E-state index in [-0.39, 0.29) is 24.2 Å². The summed E-state index contributed by atoms with van der Waals surface area (Å²) in [6.07, 6.45) is 3.94. The van der Waals surface area contributed by atoms with Gasteiger partial charge < -0.3 is 9.42 Å². The first kappa shape index (κ1) is 18.7. The van der Waals surface area contributed by atoms with E-state index in [9.17, 15) is 9.18 Å². The fourth-order valence-corrected chi connectivity index (χ4v) is 5.19. The Labute approximate surface area is 168 Å². The Bertz CT molecular complexity index is 888. The fraction of sp³-hybridized carbons (Fsp3) is 0.750. The van der Waals surface area contributed by atoms with Crippen LogP contribution in [0.1, 0.15) is 74.0 Å². The molecule has 2 atom stereocenters. The number of aryl methyl sites for hydroxylation is 1. The Morgan fingerprint density at radius 2 is 1.93 bits per heavy atom. The molecule has 0 aromatic carbocycles. The minimum absolute atomic E-state index is 0.0552. The van der Waals surface area contributed by atoms with Crippen molar-refractivity contribution in [2.75, 3.05) is 13.1 Å². The van der Waals surface area contributed by atoms with Crippen LogP contribution in [0, 0.1) is 18.8 Å². The van der Waals surface area contributed by atoms with E-state index in [4.69, 9.17) is 9.51 Å². The minimum Gasteiger partial charge on any atom is -0.342 e. The molecule has 8 nitrogen and oxygen atoms in total. The maximum absolute atomic E-state index is 14.0. The molecule has 2 saturated heterocycles. The van der Waals surface area contributed by atoms with E-state index in [1.54, 1.807) is 13.8 Å². The van der Waals surface area contributed by atoms with Crippen LogP contribution in [0.3, 0.4) is 0 Å². The molecule has 156 valence electrons. The van der Waals surface area contributed by atoms with Gasteiger partial charge in [-0.3, -0.25) is 4.79 Å². The van der Waals surface area contributed by atoms with Gasteiger partial charge in [-0.1, -0.05) is 15.5 Å². The summed E-state index contributed by atoms with van der Waals surface area (Å²) in [4.78, 5) is 19.2. The van der Waals surface area contributed by atoms with Crippen molar-refractivity contribution in [3.63, 3.8) is 0 Å². The smallest absolute Gasteiger partial charge is 0.230 e. The molecule has 0 radical (unpaired) electrons. The van der Waals surface area contributed by atoms with Crippen LogP contribution in [0.4, 0.5) is 4.39 Å². The normalized spacial score (nSPS) is 34.1. The zero-order chi connectivity index (χ0) is 20.2. The zero-order valence-corrected chi connectivity index (χ0v) is 16.8. The fourth-order valence-electron chi connectivity index (χ4n) is 5.19. The Balaban J connectivity index is 1.20. The number of amides is 1.